The quantitative estimate of drug-likeness (QED) is 0.157. The second-order valence-electron chi connectivity index (χ2n) is 6.06. The molecule has 0 aromatic carbocycles. The van der Waals surface area contributed by atoms with E-state index in [0.29, 0.717) is 0 Å². The Labute approximate surface area is 170 Å². The van der Waals surface area contributed by atoms with E-state index in [2.05, 4.69) is 19.8 Å². The summed E-state index contributed by atoms with van der Waals surface area (Å²) in [5, 5.41) is 8.45. The minimum atomic E-state index is -4.73. The maximum Gasteiger partial charge on any atom is 0.362 e. The Morgan fingerprint density at radius 2 is 2.32 bits per heavy atom. The van der Waals surface area contributed by atoms with Gasteiger partial charge in [0.2, 0.25) is 7.03 Å². The van der Waals surface area contributed by atoms with Gasteiger partial charge in [-0.05, 0) is 20.8 Å². The highest BCUT2D eigenvalue weighted by Crippen LogP contribution is 2.23. The highest BCUT2D eigenvalue weighted by Gasteiger charge is 2.51. The number of hydrogen-bond donors (Lipinski definition) is 4. The van der Waals surface area contributed by atoms with E-state index in [0.717, 1.165) is 25.2 Å². The molecule has 0 aliphatic carbocycles. The Balaban J connectivity index is 2.40. The summed E-state index contributed by atoms with van der Waals surface area (Å²) in [5.74, 6) is -3.71. The van der Waals surface area contributed by atoms with Crippen molar-refractivity contribution >= 4 is 50.3 Å². The Morgan fingerprint density at radius 1 is 1.61 bits per heavy atom. The molecular formula is C13H17N5O8S2. The number of oxime groups is 1. The normalized spacial score (nSPS) is 22.7. The molecule has 0 bridgehead atoms. The summed E-state index contributed by atoms with van der Waals surface area (Å²) in [7, 11) is -4.73. The van der Waals surface area contributed by atoms with Crippen LogP contribution in [0.2, 0.25) is 4.24 Å². The van der Waals surface area contributed by atoms with Gasteiger partial charge in [0, 0.05) is 5.38 Å². The average molecular weight is 440 g/mol. The molecule has 15 heteroatoms. The number of anilines is 1. The third-order valence-electron chi connectivity index (χ3n) is 3.59. The monoisotopic (exact) mass is 440 g/mol. The zero-order chi connectivity index (χ0) is 25.3. The highest BCUT2D eigenvalue weighted by atomic mass is 32.2. The van der Waals surface area contributed by atoms with Gasteiger partial charge in [-0.25, -0.2) is 14.1 Å². The largest absolute Gasteiger partial charge is 0.478 e. The van der Waals surface area contributed by atoms with Gasteiger partial charge in [-0.1, -0.05) is 5.16 Å². The first-order chi connectivity index (χ1) is 15.2. The Bertz CT molecular complexity index is 1080. The van der Waals surface area contributed by atoms with Gasteiger partial charge in [-0.15, -0.1) is 11.3 Å². The lowest BCUT2D eigenvalue weighted by atomic mass is 10.0. The summed E-state index contributed by atoms with van der Waals surface area (Å²) >= 11 is 0.753. The molecule has 2 atom stereocenters. The van der Waals surface area contributed by atoms with E-state index in [1.807, 2.05) is 0 Å². The van der Waals surface area contributed by atoms with E-state index in [-0.39, 0.29) is 26.2 Å². The van der Waals surface area contributed by atoms with Crippen LogP contribution in [0, 0.1) is 0 Å². The number of carbonyl (C=O) groups is 3. The molecule has 154 valence electrons. The van der Waals surface area contributed by atoms with Gasteiger partial charge in [-0.3, -0.25) is 14.1 Å². The van der Waals surface area contributed by atoms with E-state index in [1.54, 1.807) is 0 Å². The maximum absolute atomic E-state index is 13.0. The van der Waals surface area contributed by atoms with Crippen LogP contribution in [0.3, 0.4) is 0 Å². The summed E-state index contributed by atoms with van der Waals surface area (Å²) in [4.78, 5) is 45.7. The van der Waals surface area contributed by atoms with Gasteiger partial charge in [0.25, 0.3) is 13.2 Å². The first-order valence-electron chi connectivity index (χ1n) is 9.58. The van der Waals surface area contributed by atoms with Crippen LogP contribution in [-0.2, 0) is 29.5 Å². The van der Waals surface area contributed by atoms with Crippen LogP contribution in [0.15, 0.2) is 10.5 Å². The minimum Gasteiger partial charge on any atom is -0.478 e. The molecule has 28 heavy (non-hydrogen) atoms. The van der Waals surface area contributed by atoms with E-state index in [9.17, 15) is 22.8 Å². The second kappa shape index (κ2) is 7.33. The van der Waals surface area contributed by atoms with Crippen molar-refractivity contribution in [2.24, 2.45) is 5.16 Å². The molecule has 1 fully saturated rings. The number of carbonyl (C=O) groups excluding carboxylic acids is 2. The molecule has 1 saturated heterocycles. The number of aromatic nitrogens is 1. The second-order valence-corrected chi connectivity index (χ2v) is 8.14. The maximum atomic E-state index is 13.0. The van der Waals surface area contributed by atoms with Crippen LogP contribution in [0.4, 0.5) is 5.13 Å². The number of nitrogen functional groups attached to an aromatic ring is 1. The van der Waals surface area contributed by atoms with Gasteiger partial charge in [-0.2, -0.15) is 8.42 Å². The van der Waals surface area contributed by atoms with Gasteiger partial charge in [0.05, 0.1) is 6.04 Å². The molecule has 0 unspecified atom stereocenters. The minimum absolute atomic E-state index is 0.110. The van der Waals surface area contributed by atoms with E-state index >= 15 is 0 Å². The van der Waals surface area contributed by atoms with E-state index in [1.165, 1.54) is 12.3 Å². The van der Waals surface area contributed by atoms with Crippen molar-refractivity contribution < 1.29 is 41.5 Å². The topological polar surface area (TPSA) is 202 Å². The van der Waals surface area contributed by atoms with E-state index < -0.39 is 51.5 Å². The molecular weight excluding hydrogens is 418 g/mol. The fraction of sp³-hybridized carbons (Fsp3) is 0.462. The number of β-lactam (4-membered cyclic amide) rings is 1. The number of nitrogens with two attached hydrogens (primary N) is 1. The zero-order valence-corrected chi connectivity index (χ0v) is 16.2. The predicted octanol–water partition coefficient (Wildman–Crippen LogP) is -1.17. The molecule has 2 heterocycles. The molecule has 1 aliphatic heterocycles. The molecule has 1 aliphatic rings. The van der Waals surface area contributed by atoms with Crippen molar-refractivity contribution in [2.45, 2.75) is 38.5 Å². The van der Waals surface area contributed by atoms with Crippen molar-refractivity contribution in [1.29, 1.82) is 2.86 Å². The number of nitrogens with one attached hydrogen (secondary N) is 1. The SMILES string of the molecule is [2H]OC(=O)C(C)(C)O/N=C(\C(=O)N([2H])[C@@H]1C(=O)N(S(=O)(=O)O[2H])[C@H]1C)c1csc(N([2H])[2H])n1. The van der Waals surface area contributed by atoms with Crippen LogP contribution in [0.5, 0.6) is 0 Å². The predicted molar refractivity (Wildman–Crippen MR) is 95.7 cm³/mol. The first-order valence-corrected chi connectivity index (χ1v) is 9.67. The third kappa shape index (κ3) is 4.20. The summed E-state index contributed by atoms with van der Waals surface area (Å²) in [6, 6.07) is -2.88. The number of amides is 2. The van der Waals surface area contributed by atoms with Gasteiger partial charge in [0.15, 0.2) is 15.1 Å². The van der Waals surface area contributed by atoms with Crippen LogP contribution >= 0.6 is 11.3 Å². The Kier molecular flexibility index (Phi) is 3.97. The number of carboxylic acid groups (broad SMARTS) is 1. The number of aliphatic carboxylic acids is 1. The lowest BCUT2D eigenvalue weighted by Crippen LogP contribution is -2.71. The number of rotatable bonds is 9. The fourth-order valence-corrected chi connectivity index (χ4v) is 3.40. The summed E-state index contributed by atoms with van der Waals surface area (Å²) in [5.41, 5.74) is -2.72. The van der Waals surface area contributed by atoms with Crippen molar-refractivity contribution in [3.05, 3.63) is 11.1 Å². The van der Waals surface area contributed by atoms with Gasteiger partial charge < -0.3 is 21.0 Å². The molecule has 0 radical (unpaired) electrons. The summed E-state index contributed by atoms with van der Waals surface area (Å²) in [6.07, 6.45) is 0. The smallest absolute Gasteiger partial charge is 0.362 e. The van der Waals surface area contributed by atoms with Gasteiger partial charge in [0.1, 0.15) is 11.7 Å². The van der Waals surface area contributed by atoms with Crippen molar-refractivity contribution in [2.75, 3.05) is 5.72 Å². The average Bonchev–Trinajstić information content (AvgIpc) is 3.23. The van der Waals surface area contributed by atoms with Crippen molar-refractivity contribution in [1.82, 2.24) is 14.6 Å². The van der Waals surface area contributed by atoms with E-state index in [4.69, 9.17) is 11.9 Å². The molecule has 2 rings (SSSR count). The van der Waals surface area contributed by atoms with Crippen LogP contribution in [-0.4, -0.2) is 68.6 Å². The van der Waals surface area contributed by atoms with Crippen molar-refractivity contribution in [3.8, 4) is 0 Å². The third-order valence-corrected chi connectivity index (χ3v) is 5.23. The molecule has 1 aromatic rings. The Hall–Kier alpha value is -2.78. The van der Waals surface area contributed by atoms with Crippen molar-refractivity contribution in [3.63, 3.8) is 0 Å². The number of hydrogen-bond acceptors (Lipinski definition) is 12. The molecule has 0 spiro atoms. The standard InChI is InChI=1S/C13H17N5O8S2/c1-5-7(10(20)18(5)28(23,24)25)16-9(19)8(6-4-27-12(14)15-6)17-26-13(2,3)11(21)22/h4-5,7H,1-3H3,(H2,14,15)(H,16,19)(H,21,22)(H,23,24,25)/b17-8-/t5-,7-/m0/s1/i/hD5. The zero-order valence-electron chi connectivity index (χ0n) is 19.6. The number of nitrogens with zero attached hydrogens (tertiary/aromatic N) is 3. The van der Waals surface area contributed by atoms with Crippen LogP contribution in [0.25, 0.3) is 2.86 Å². The molecule has 5 N–H and O–H groups in total. The van der Waals surface area contributed by atoms with Crippen LogP contribution < -0.4 is 11.0 Å². The van der Waals surface area contributed by atoms with Gasteiger partial charge >= 0.3 is 16.3 Å². The lowest BCUT2D eigenvalue weighted by molar-refractivity contribution is -0.161. The fourth-order valence-electron chi connectivity index (χ4n) is 2.01. The lowest BCUT2D eigenvalue weighted by Gasteiger charge is -2.42. The molecule has 1 aromatic heterocycles. The molecule has 2 amide bonds. The van der Waals surface area contributed by atoms with Crippen LogP contribution in [0.1, 0.15) is 26.5 Å². The molecule has 13 nitrogen and oxygen atoms in total. The number of thiazole rings is 1. The number of carboxylic acids is 1. The highest BCUT2D eigenvalue weighted by molar-refractivity contribution is 7.84. The molecule has 0 saturated carbocycles. The Morgan fingerprint density at radius 3 is 2.86 bits per heavy atom. The summed E-state index contributed by atoms with van der Waals surface area (Å²) < 4.78 is 62.8. The first kappa shape index (κ1) is 15.2. The summed E-state index contributed by atoms with van der Waals surface area (Å²) in [6.45, 7) is 3.52.